The molecular formula is C14H16N4O2. The van der Waals surface area contributed by atoms with Gasteiger partial charge in [0.15, 0.2) is 0 Å². The number of para-hydroxylation sites is 2. The van der Waals surface area contributed by atoms with Crippen molar-refractivity contribution in [2.24, 2.45) is 4.99 Å². The number of ether oxygens (including phenoxy) is 1. The highest BCUT2D eigenvalue weighted by molar-refractivity contribution is 5.99. The van der Waals surface area contributed by atoms with E-state index in [1.807, 2.05) is 34.1 Å². The van der Waals surface area contributed by atoms with E-state index in [-0.39, 0.29) is 12.1 Å². The molecule has 3 heterocycles. The minimum atomic E-state index is 0.0437. The van der Waals surface area contributed by atoms with Gasteiger partial charge in [-0.3, -0.25) is 9.89 Å². The van der Waals surface area contributed by atoms with E-state index in [1.165, 1.54) is 0 Å². The van der Waals surface area contributed by atoms with E-state index in [9.17, 15) is 4.79 Å². The van der Waals surface area contributed by atoms with E-state index in [0.717, 1.165) is 30.4 Å². The van der Waals surface area contributed by atoms with Crippen LogP contribution in [0.5, 0.6) is 5.75 Å². The van der Waals surface area contributed by atoms with E-state index >= 15 is 0 Å². The molecule has 0 saturated carbocycles. The van der Waals surface area contributed by atoms with E-state index < -0.39 is 0 Å². The molecular weight excluding hydrogens is 256 g/mol. The Morgan fingerprint density at radius 1 is 1.40 bits per heavy atom. The molecule has 1 fully saturated rings. The lowest BCUT2D eigenvalue weighted by Crippen LogP contribution is -2.42. The van der Waals surface area contributed by atoms with Gasteiger partial charge in [0.1, 0.15) is 18.2 Å². The summed E-state index contributed by atoms with van der Waals surface area (Å²) in [5, 5.41) is 3.21. The van der Waals surface area contributed by atoms with Crippen molar-refractivity contribution in [2.75, 3.05) is 37.7 Å². The van der Waals surface area contributed by atoms with Gasteiger partial charge in [-0.05, 0) is 12.1 Å². The van der Waals surface area contributed by atoms with Crippen LogP contribution in [0.4, 0.5) is 10.5 Å². The molecule has 0 radical (unpaired) electrons. The van der Waals surface area contributed by atoms with Gasteiger partial charge < -0.3 is 15.0 Å². The highest BCUT2D eigenvalue weighted by Crippen LogP contribution is 2.36. The predicted octanol–water partition coefficient (Wildman–Crippen LogP) is 0.691. The second-order valence-electron chi connectivity index (χ2n) is 5.22. The van der Waals surface area contributed by atoms with Gasteiger partial charge in [0, 0.05) is 13.1 Å². The number of amidine groups is 1. The van der Waals surface area contributed by atoms with Crippen LogP contribution in [0, 0.1) is 0 Å². The van der Waals surface area contributed by atoms with Gasteiger partial charge in [0.25, 0.3) is 0 Å². The molecule has 1 atom stereocenters. The Kier molecular flexibility index (Phi) is 2.55. The molecule has 0 bridgehead atoms. The highest BCUT2D eigenvalue weighted by Gasteiger charge is 2.42. The smallest absolute Gasteiger partial charge is 0.325 e. The largest absolute Gasteiger partial charge is 0.489 e. The van der Waals surface area contributed by atoms with Crippen LogP contribution in [-0.4, -0.2) is 55.6 Å². The van der Waals surface area contributed by atoms with Crippen LogP contribution in [0.1, 0.15) is 0 Å². The number of urea groups is 1. The number of carbonyl (C=O) groups is 1. The molecule has 1 saturated heterocycles. The maximum Gasteiger partial charge on any atom is 0.325 e. The number of hydrogen-bond donors (Lipinski definition) is 1. The first-order chi connectivity index (χ1) is 9.83. The average molecular weight is 272 g/mol. The molecule has 4 rings (SSSR count). The lowest BCUT2D eigenvalue weighted by Gasteiger charge is -2.30. The lowest BCUT2D eigenvalue weighted by molar-refractivity contribution is 0.226. The average Bonchev–Trinajstić information content (AvgIpc) is 3.08. The van der Waals surface area contributed by atoms with Crippen molar-refractivity contribution < 1.29 is 9.53 Å². The summed E-state index contributed by atoms with van der Waals surface area (Å²) in [5.41, 5.74) is 0.873. The maximum absolute atomic E-state index is 12.6. The minimum absolute atomic E-state index is 0.0437. The van der Waals surface area contributed by atoms with Crippen LogP contribution < -0.4 is 15.0 Å². The fraction of sp³-hybridized carbons (Fsp3) is 0.429. The minimum Gasteiger partial charge on any atom is -0.489 e. The number of nitrogens with zero attached hydrogens (tertiary/aromatic N) is 3. The molecule has 0 aromatic heterocycles. The highest BCUT2D eigenvalue weighted by atomic mass is 16.5. The number of carbonyl (C=O) groups excluding carboxylic acids is 1. The summed E-state index contributed by atoms with van der Waals surface area (Å²) >= 11 is 0. The molecule has 1 N–H and O–H groups in total. The molecule has 20 heavy (non-hydrogen) atoms. The third kappa shape index (κ3) is 1.71. The molecule has 2 amide bonds. The number of nitrogens with one attached hydrogen (secondary N) is 1. The van der Waals surface area contributed by atoms with Crippen molar-refractivity contribution in [3.63, 3.8) is 0 Å². The molecule has 3 aliphatic rings. The Hall–Kier alpha value is -2.24. The SMILES string of the molecule is O=C1N(CC2=NCCN2)CC2COc3ccccc3N12. The zero-order valence-electron chi connectivity index (χ0n) is 11.1. The summed E-state index contributed by atoms with van der Waals surface area (Å²) in [4.78, 5) is 20.7. The second kappa shape index (κ2) is 4.40. The second-order valence-corrected chi connectivity index (χ2v) is 5.22. The van der Waals surface area contributed by atoms with Crippen LogP contribution in [0.2, 0.25) is 0 Å². The molecule has 0 aliphatic carbocycles. The van der Waals surface area contributed by atoms with Crippen molar-refractivity contribution in [1.29, 1.82) is 0 Å². The number of amides is 2. The fourth-order valence-corrected chi connectivity index (χ4v) is 2.98. The van der Waals surface area contributed by atoms with Crippen molar-refractivity contribution in [3.05, 3.63) is 24.3 Å². The molecule has 1 unspecified atom stereocenters. The van der Waals surface area contributed by atoms with Gasteiger partial charge in [-0.2, -0.15) is 0 Å². The van der Waals surface area contributed by atoms with Crippen molar-refractivity contribution in [1.82, 2.24) is 10.2 Å². The zero-order chi connectivity index (χ0) is 13.5. The molecule has 104 valence electrons. The maximum atomic E-state index is 12.6. The number of rotatable bonds is 2. The van der Waals surface area contributed by atoms with Gasteiger partial charge in [-0.15, -0.1) is 0 Å². The molecule has 1 aromatic carbocycles. The van der Waals surface area contributed by atoms with E-state index in [4.69, 9.17) is 4.74 Å². The Balaban J connectivity index is 1.60. The Labute approximate surface area is 117 Å². The zero-order valence-corrected chi connectivity index (χ0v) is 11.1. The monoisotopic (exact) mass is 272 g/mol. The summed E-state index contributed by atoms with van der Waals surface area (Å²) in [6.07, 6.45) is 0. The normalized spacial score (nSPS) is 23.9. The first-order valence-corrected chi connectivity index (χ1v) is 6.90. The summed E-state index contributed by atoms with van der Waals surface area (Å²) < 4.78 is 5.74. The number of aliphatic imine (C=N–C) groups is 1. The van der Waals surface area contributed by atoms with E-state index in [0.29, 0.717) is 19.7 Å². The first kappa shape index (κ1) is 11.6. The molecule has 0 spiro atoms. The molecule has 1 aromatic rings. The van der Waals surface area contributed by atoms with Crippen LogP contribution in [-0.2, 0) is 0 Å². The number of benzene rings is 1. The number of anilines is 1. The third-order valence-corrected chi connectivity index (χ3v) is 3.91. The van der Waals surface area contributed by atoms with Crippen LogP contribution in [0.15, 0.2) is 29.3 Å². The Bertz CT molecular complexity index is 586. The van der Waals surface area contributed by atoms with E-state index in [1.54, 1.807) is 0 Å². The first-order valence-electron chi connectivity index (χ1n) is 6.90. The predicted molar refractivity (Wildman–Crippen MR) is 75.5 cm³/mol. The summed E-state index contributed by atoms with van der Waals surface area (Å²) in [6.45, 7) is 3.48. The standard InChI is InChI=1S/C14H16N4O2/c19-14-17(8-13-15-5-6-16-13)7-10-9-20-12-4-2-1-3-11(12)18(10)14/h1-4,10H,5-9H2,(H,15,16). The molecule has 6 heteroatoms. The third-order valence-electron chi connectivity index (χ3n) is 3.91. The van der Waals surface area contributed by atoms with Crippen LogP contribution in [0.3, 0.4) is 0 Å². The lowest BCUT2D eigenvalue weighted by atomic mass is 10.2. The summed E-state index contributed by atoms with van der Waals surface area (Å²) in [6, 6.07) is 7.84. The quantitative estimate of drug-likeness (QED) is 0.862. The summed E-state index contributed by atoms with van der Waals surface area (Å²) in [7, 11) is 0. The van der Waals surface area contributed by atoms with E-state index in [2.05, 4.69) is 10.3 Å². The number of hydrogen-bond acceptors (Lipinski definition) is 4. The van der Waals surface area contributed by atoms with Gasteiger partial charge in [-0.25, -0.2) is 4.79 Å². The van der Waals surface area contributed by atoms with Gasteiger partial charge in [0.2, 0.25) is 0 Å². The Morgan fingerprint density at radius 3 is 3.15 bits per heavy atom. The fourth-order valence-electron chi connectivity index (χ4n) is 2.98. The van der Waals surface area contributed by atoms with Gasteiger partial charge in [-0.1, -0.05) is 12.1 Å². The molecule has 3 aliphatic heterocycles. The van der Waals surface area contributed by atoms with Crippen molar-refractivity contribution in [3.8, 4) is 5.75 Å². The Morgan fingerprint density at radius 2 is 2.30 bits per heavy atom. The topological polar surface area (TPSA) is 57.2 Å². The molecule has 6 nitrogen and oxygen atoms in total. The van der Waals surface area contributed by atoms with Crippen LogP contribution >= 0.6 is 0 Å². The van der Waals surface area contributed by atoms with Gasteiger partial charge >= 0.3 is 6.03 Å². The van der Waals surface area contributed by atoms with Gasteiger partial charge in [0.05, 0.1) is 24.8 Å². The number of fused-ring (bicyclic) bond motifs is 3. The summed E-state index contributed by atoms with van der Waals surface area (Å²) in [5.74, 6) is 1.70. The van der Waals surface area contributed by atoms with Crippen molar-refractivity contribution >= 4 is 17.6 Å². The van der Waals surface area contributed by atoms with Crippen LogP contribution in [0.25, 0.3) is 0 Å². The van der Waals surface area contributed by atoms with Crippen molar-refractivity contribution in [2.45, 2.75) is 6.04 Å².